The van der Waals surface area contributed by atoms with Gasteiger partial charge in [-0.2, -0.15) is 0 Å². The minimum absolute atomic E-state index is 0.0682. The molecule has 124 valence electrons. The molecule has 1 rings (SSSR count). The summed E-state index contributed by atoms with van der Waals surface area (Å²) in [4.78, 5) is 12.1. The quantitative estimate of drug-likeness (QED) is 0.528. The van der Waals surface area contributed by atoms with Gasteiger partial charge in [-0.05, 0) is 26.0 Å². The lowest BCUT2D eigenvalue weighted by atomic mass is 10.1. The second-order valence-electron chi connectivity index (χ2n) is 4.10. The zero-order valence-electron chi connectivity index (χ0n) is 12.1. The van der Waals surface area contributed by atoms with Crippen molar-refractivity contribution in [1.82, 2.24) is 0 Å². The van der Waals surface area contributed by atoms with Gasteiger partial charge in [0.05, 0.1) is 13.2 Å². The molecular formula is C13H16F3O5P. The van der Waals surface area contributed by atoms with Gasteiger partial charge in [-0.25, -0.2) is 0 Å². The van der Waals surface area contributed by atoms with E-state index in [9.17, 15) is 22.5 Å². The Morgan fingerprint density at radius 3 is 2.27 bits per heavy atom. The molecule has 0 aliphatic carbocycles. The molecule has 0 heterocycles. The van der Waals surface area contributed by atoms with Crippen LogP contribution in [0, 0.1) is 0 Å². The SMILES string of the molecule is CCOP(=O)(CC(=O)c1cccc(OC(F)(F)F)c1)OCC. The highest BCUT2D eigenvalue weighted by Crippen LogP contribution is 2.48. The molecule has 0 N–H and O–H groups in total. The van der Waals surface area contributed by atoms with Crippen molar-refractivity contribution >= 4 is 13.4 Å². The zero-order chi connectivity index (χ0) is 16.8. The van der Waals surface area contributed by atoms with Crippen LogP contribution in [0.25, 0.3) is 0 Å². The minimum atomic E-state index is -4.85. The number of rotatable bonds is 8. The molecule has 0 saturated heterocycles. The number of hydrogen-bond donors (Lipinski definition) is 0. The number of hydrogen-bond acceptors (Lipinski definition) is 5. The Balaban J connectivity index is 2.89. The van der Waals surface area contributed by atoms with E-state index >= 15 is 0 Å². The van der Waals surface area contributed by atoms with Crippen molar-refractivity contribution in [3.05, 3.63) is 29.8 Å². The largest absolute Gasteiger partial charge is 0.573 e. The van der Waals surface area contributed by atoms with E-state index in [0.717, 1.165) is 12.1 Å². The fourth-order valence-corrected chi connectivity index (χ4v) is 3.23. The Bertz CT molecular complexity index is 549. The van der Waals surface area contributed by atoms with E-state index in [2.05, 4.69) is 4.74 Å². The number of benzene rings is 1. The van der Waals surface area contributed by atoms with Crippen LogP contribution in [0.5, 0.6) is 5.75 Å². The highest BCUT2D eigenvalue weighted by atomic mass is 31.2. The second-order valence-corrected chi connectivity index (χ2v) is 6.16. The molecule has 0 spiro atoms. The molecule has 1 aromatic rings. The van der Waals surface area contributed by atoms with Gasteiger partial charge in [-0.3, -0.25) is 9.36 Å². The van der Waals surface area contributed by atoms with Crippen LogP contribution in [0.3, 0.4) is 0 Å². The molecule has 0 amide bonds. The van der Waals surface area contributed by atoms with E-state index < -0.39 is 31.7 Å². The van der Waals surface area contributed by atoms with Crippen LogP contribution < -0.4 is 4.74 Å². The molecule has 22 heavy (non-hydrogen) atoms. The summed E-state index contributed by atoms with van der Waals surface area (Å²) in [6.45, 7) is 3.35. The summed E-state index contributed by atoms with van der Waals surface area (Å²) < 4.78 is 62.4. The van der Waals surface area contributed by atoms with Gasteiger partial charge in [0.1, 0.15) is 11.9 Å². The van der Waals surface area contributed by atoms with Crippen molar-refractivity contribution in [2.24, 2.45) is 0 Å². The molecule has 0 saturated carbocycles. The molecule has 0 aromatic heterocycles. The number of ketones is 1. The first-order valence-corrected chi connectivity index (χ1v) is 8.19. The Labute approximate surface area is 125 Å². The van der Waals surface area contributed by atoms with E-state index in [-0.39, 0.29) is 18.8 Å². The maximum Gasteiger partial charge on any atom is 0.573 e. The fourth-order valence-electron chi connectivity index (χ4n) is 1.66. The molecule has 0 fully saturated rings. The average Bonchev–Trinajstić information content (AvgIpc) is 2.37. The van der Waals surface area contributed by atoms with Crippen molar-refractivity contribution in [1.29, 1.82) is 0 Å². The normalized spacial score (nSPS) is 12.2. The van der Waals surface area contributed by atoms with Crippen molar-refractivity contribution in [2.45, 2.75) is 20.2 Å². The van der Waals surface area contributed by atoms with Crippen LogP contribution in [0.15, 0.2) is 24.3 Å². The molecule has 0 unspecified atom stereocenters. The summed E-state index contributed by atoms with van der Waals surface area (Å²) in [7, 11) is -3.61. The van der Waals surface area contributed by atoms with Gasteiger partial charge in [0.25, 0.3) is 0 Å². The first-order chi connectivity index (χ1) is 10.2. The van der Waals surface area contributed by atoms with Crippen molar-refractivity contribution in [2.75, 3.05) is 19.4 Å². The maximum atomic E-state index is 12.2. The van der Waals surface area contributed by atoms with Gasteiger partial charge in [-0.1, -0.05) is 12.1 Å². The van der Waals surface area contributed by atoms with E-state index in [1.54, 1.807) is 13.8 Å². The molecule has 0 atom stereocenters. The monoisotopic (exact) mass is 340 g/mol. The van der Waals surface area contributed by atoms with E-state index in [1.807, 2.05) is 0 Å². The Hall–Kier alpha value is -1.37. The summed E-state index contributed by atoms with van der Waals surface area (Å²) in [6.07, 6.45) is -5.41. The Kier molecular flexibility index (Phi) is 6.59. The molecule has 0 aliphatic heterocycles. The number of ether oxygens (including phenoxy) is 1. The van der Waals surface area contributed by atoms with E-state index in [1.165, 1.54) is 12.1 Å². The third kappa shape index (κ3) is 6.17. The second kappa shape index (κ2) is 7.76. The third-order valence-electron chi connectivity index (χ3n) is 2.38. The van der Waals surface area contributed by atoms with Crippen LogP contribution in [0.4, 0.5) is 13.2 Å². The lowest BCUT2D eigenvalue weighted by molar-refractivity contribution is -0.274. The Morgan fingerprint density at radius 2 is 1.77 bits per heavy atom. The van der Waals surface area contributed by atoms with Crippen molar-refractivity contribution < 1.29 is 36.3 Å². The first-order valence-electron chi connectivity index (χ1n) is 6.46. The summed E-state index contributed by atoms with van der Waals surface area (Å²) in [5.74, 6) is -1.18. The standard InChI is InChI=1S/C13H16F3O5P/c1-3-19-22(18,20-4-2)9-12(17)10-6-5-7-11(8-10)21-13(14,15)16/h5-8H,3-4,9H2,1-2H3. The topological polar surface area (TPSA) is 61.8 Å². The summed E-state index contributed by atoms with van der Waals surface area (Å²) in [6, 6.07) is 4.53. The smallest absolute Gasteiger partial charge is 0.406 e. The Morgan fingerprint density at radius 1 is 1.18 bits per heavy atom. The third-order valence-corrected chi connectivity index (χ3v) is 4.36. The van der Waals surface area contributed by atoms with Crippen LogP contribution in [-0.2, 0) is 13.6 Å². The first kappa shape index (κ1) is 18.7. The number of alkyl halides is 3. The van der Waals surface area contributed by atoms with Crippen molar-refractivity contribution in [3.8, 4) is 5.75 Å². The van der Waals surface area contributed by atoms with Crippen LogP contribution in [0.2, 0.25) is 0 Å². The van der Waals surface area contributed by atoms with E-state index in [4.69, 9.17) is 9.05 Å². The fraction of sp³-hybridized carbons (Fsp3) is 0.462. The number of carbonyl (C=O) groups excluding carboxylic acids is 1. The number of Topliss-reactive ketones (excluding diaryl/α,β-unsaturated/α-hetero) is 1. The lowest BCUT2D eigenvalue weighted by Gasteiger charge is -2.16. The van der Waals surface area contributed by atoms with Gasteiger partial charge in [0, 0.05) is 5.56 Å². The van der Waals surface area contributed by atoms with Gasteiger partial charge in [-0.15, -0.1) is 13.2 Å². The van der Waals surface area contributed by atoms with E-state index in [0.29, 0.717) is 0 Å². The molecule has 0 bridgehead atoms. The summed E-state index contributed by atoms with van der Waals surface area (Å²) in [5, 5.41) is 0. The minimum Gasteiger partial charge on any atom is -0.406 e. The number of carbonyl (C=O) groups is 1. The average molecular weight is 340 g/mol. The van der Waals surface area contributed by atoms with Gasteiger partial charge >= 0.3 is 14.0 Å². The highest BCUT2D eigenvalue weighted by Gasteiger charge is 2.32. The molecule has 0 aliphatic rings. The number of halogens is 3. The van der Waals surface area contributed by atoms with Crippen LogP contribution >= 0.6 is 7.60 Å². The summed E-state index contributed by atoms with van der Waals surface area (Å²) in [5.41, 5.74) is -0.0682. The summed E-state index contributed by atoms with van der Waals surface area (Å²) >= 11 is 0. The lowest BCUT2D eigenvalue weighted by Crippen LogP contribution is -2.17. The van der Waals surface area contributed by atoms with Crippen LogP contribution in [0.1, 0.15) is 24.2 Å². The zero-order valence-corrected chi connectivity index (χ0v) is 12.9. The molecule has 1 aromatic carbocycles. The predicted octanol–water partition coefficient (Wildman–Crippen LogP) is 4.03. The molecule has 9 heteroatoms. The molecular weight excluding hydrogens is 324 g/mol. The maximum absolute atomic E-state index is 12.2. The molecule has 0 radical (unpaired) electrons. The van der Waals surface area contributed by atoms with Crippen molar-refractivity contribution in [3.63, 3.8) is 0 Å². The molecule has 5 nitrogen and oxygen atoms in total. The van der Waals surface area contributed by atoms with Gasteiger partial charge < -0.3 is 13.8 Å². The van der Waals surface area contributed by atoms with Crippen LogP contribution in [-0.4, -0.2) is 31.5 Å². The highest BCUT2D eigenvalue weighted by molar-refractivity contribution is 7.54. The predicted molar refractivity (Wildman–Crippen MR) is 73.2 cm³/mol. The van der Waals surface area contributed by atoms with Gasteiger partial charge in [0.2, 0.25) is 0 Å². The van der Waals surface area contributed by atoms with Gasteiger partial charge in [0.15, 0.2) is 5.78 Å².